The standard InChI is InChI=1S/C69H79BN2/c1-43-34-50-52(66(10,11)33-32-65(50,8)9)40-58(43)72-57-31-29-47(69(16,17)45-26-22-19-23-27-45)36-54(57)70-55-39-51-53(68(14,15)42-67(51,12)13)41-59(55)71(60-37-48(64(5,6)7)38-61(72)62(60)70)56-30-28-46(63(2,3)4)35-49(56)44-24-20-18-21-25-44/h18-31,34-41H,32-33,42H2,1-17H3. The van der Waals surface area contributed by atoms with Gasteiger partial charge in [-0.25, -0.2) is 0 Å². The second-order valence-electron chi connectivity index (χ2n) is 27.7. The Bertz CT molecular complexity index is 3330. The highest BCUT2D eigenvalue weighted by Gasteiger charge is 2.50. The second kappa shape index (κ2) is 15.9. The monoisotopic (exact) mass is 947 g/mol. The number of hydrogen-bond donors (Lipinski definition) is 0. The molecular weight excluding hydrogens is 868 g/mol. The molecule has 0 bridgehead atoms. The Labute approximate surface area is 434 Å². The average molecular weight is 947 g/mol. The van der Waals surface area contributed by atoms with E-state index >= 15 is 0 Å². The lowest BCUT2D eigenvalue weighted by molar-refractivity contribution is 0.332. The van der Waals surface area contributed by atoms with E-state index in [4.69, 9.17) is 0 Å². The van der Waals surface area contributed by atoms with Crippen molar-refractivity contribution in [2.75, 3.05) is 9.80 Å². The van der Waals surface area contributed by atoms with E-state index in [0.717, 1.165) is 6.42 Å². The summed E-state index contributed by atoms with van der Waals surface area (Å²) in [6.45, 7) is 41.2. The lowest BCUT2D eigenvalue weighted by Gasteiger charge is -2.47. The van der Waals surface area contributed by atoms with Crippen LogP contribution in [0.3, 0.4) is 0 Å². The van der Waals surface area contributed by atoms with Crippen LogP contribution in [-0.2, 0) is 37.9 Å². The molecule has 7 aromatic rings. The summed E-state index contributed by atoms with van der Waals surface area (Å²) in [5, 5.41) is 0. The summed E-state index contributed by atoms with van der Waals surface area (Å²) in [6.07, 6.45) is 3.47. The first-order valence-electron chi connectivity index (χ1n) is 27.1. The number of anilines is 6. The highest BCUT2D eigenvalue weighted by molar-refractivity contribution is 7.00. The molecule has 0 saturated carbocycles. The molecule has 2 aliphatic carbocycles. The van der Waals surface area contributed by atoms with Crippen LogP contribution in [0.5, 0.6) is 0 Å². The fourth-order valence-electron chi connectivity index (χ4n) is 13.8. The van der Waals surface area contributed by atoms with Crippen molar-refractivity contribution in [1.82, 2.24) is 0 Å². The molecule has 2 nitrogen and oxygen atoms in total. The van der Waals surface area contributed by atoms with E-state index in [2.05, 4.69) is 261 Å². The van der Waals surface area contributed by atoms with Crippen molar-refractivity contribution in [3.05, 3.63) is 184 Å². The summed E-state index contributed by atoms with van der Waals surface area (Å²) in [5.74, 6) is 0. The van der Waals surface area contributed by atoms with Crippen LogP contribution in [-0.4, -0.2) is 6.71 Å². The van der Waals surface area contributed by atoms with Gasteiger partial charge in [-0.05, 0) is 173 Å². The third-order valence-electron chi connectivity index (χ3n) is 18.2. The largest absolute Gasteiger partial charge is 0.311 e. The van der Waals surface area contributed by atoms with Crippen LogP contribution in [0, 0.1) is 6.92 Å². The molecule has 72 heavy (non-hydrogen) atoms. The van der Waals surface area contributed by atoms with Gasteiger partial charge in [-0.3, -0.25) is 0 Å². The third kappa shape index (κ3) is 7.48. The fraction of sp³-hybridized carbons (Fsp3) is 0.391. The summed E-state index contributed by atoms with van der Waals surface area (Å²) in [7, 11) is 0. The van der Waals surface area contributed by atoms with Crippen LogP contribution in [0.25, 0.3) is 11.1 Å². The summed E-state index contributed by atoms with van der Waals surface area (Å²) in [6, 6.07) is 53.0. The smallest absolute Gasteiger partial charge is 0.252 e. The Morgan fingerprint density at radius 3 is 1.49 bits per heavy atom. The van der Waals surface area contributed by atoms with Gasteiger partial charge in [0.15, 0.2) is 0 Å². The highest BCUT2D eigenvalue weighted by atomic mass is 15.2. The van der Waals surface area contributed by atoms with Gasteiger partial charge in [0.2, 0.25) is 0 Å². The van der Waals surface area contributed by atoms with E-state index in [1.165, 1.54) is 125 Å². The van der Waals surface area contributed by atoms with E-state index in [1.807, 2.05) is 0 Å². The van der Waals surface area contributed by atoms with Crippen LogP contribution < -0.4 is 26.2 Å². The van der Waals surface area contributed by atoms with Gasteiger partial charge >= 0.3 is 0 Å². The van der Waals surface area contributed by atoms with Gasteiger partial charge < -0.3 is 9.80 Å². The van der Waals surface area contributed by atoms with Gasteiger partial charge in [-0.2, -0.15) is 0 Å². The molecule has 2 aliphatic heterocycles. The number of nitrogens with zero attached hydrogens (tertiary/aromatic N) is 2. The molecule has 0 aromatic heterocycles. The van der Waals surface area contributed by atoms with Gasteiger partial charge in [0, 0.05) is 39.4 Å². The average Bonchev–Trinajstić information content (AvgIpc) is 3.50. The Kier molecular flexibility index (Phi) is 10.7. The van der Waals surface area contributed by atoms with Crippen molar-refractivity contribution in [1.29, 1.82) is 0 Å². The van der Waals surface area contributed by atoms with E-state index in [-0.39, 0.29) is 44.6 Å². The molecular formula is C69H79BN2. The van der Waals surface area contributed by atoms with Crippen LogP contribution in [0.2, 0.25) is 0 Å². The molecule has 0 saturated heterocycles. The minimum Gasteiger partial charge on any atom is -0.311 e. The van der Waals surface area contributed by atoms with Crippen molar-refractivity contribution in [3.8, 4) is 11.1 Å². The first kappa shape index (κ1) is 48.5. The maximum Gasteiger partial charge on any atom is 0.252 e. The van der Waals surface area contributed by atoms with Crippen LogP contribution in [0.4, 0.5) is 34.1 Å². The second-order valence-corrected chi connectivity index (χ2v) is 27.7. The maximum absolute atomic E-state index is 2.72. The van der Waals surface area contributed by atoms with Gasteiger partial charge in [0.25, 0.3) is 6.71 Å². The number of hydrogen-bond acceptors (Lipinski definition) is 2. The van der Waals surface area contributed by atoms with E-state index in [9.17, 15) is 0 Å². The molecule has 0 atom stereocenters. The number of benzene rings is 7. The molecule has 7 aromatic carbocycles. The topological polar surface area (TPSA) is 6.48 Å². The molecule has 0 spiro atoms. The zero-order chi connectivity index (χ0) is 51.5. The summed E-state index contributed by atoms with van der Waals surface area (Å²) in [4.78, 5) is 5.44. The van der Waals surface area contributed by atoms with Crippen LogP contribution in [0.1, 0.15) is 180 Å². The van der Waals surface area contributed by atoms with Gasteiger partial charge in [-0.15, -0.1) is 0 Å². The highest BCUT2D eigenvalue weighted by Crippen LogP contribution is 2.55. The molecule has 0 amide bonds. The van der Waals surface area contributed by atoms with Crippen molar-refractivity contribution in [2.45, 2.75) is 175 Å². The normalized spacial score (nSPS) is 18.0. The predicted octanol–water partition coefficient (Wildman–Crippen LogP) is 17.0. The Balaban J connectivity index is 1.31. The zero-order valence-corrected chi connectivity index (χ0v) is 46.8. The Morgan fingerprint density at radius 2 is 0.889 bits per heavy atom. The lowest BCUT2D eigenvalue weighted by Crippen LogP contribution is -2.62. The summed E-state index contributed by atoms with van der Waals surface area (Å²) in [5.41, 5.74) is 26.8. The van der Waals surface area contributed by atoms with Crippen LogP contribution in [0.15, 0.2) is 133 Å². The molecule has 0 radical (unpaired) electrons. The zero-order valence-electron chi connectivity index (χ0n) is 46.8. The first-order chi connectivity index (χ1) is 33.6. The van der Waals surface area contributed by atoms with E-state index in [1.54, 1.807) is 0 Å². The first-order valence-corrected chi connectivity index (χ1v) is 27.1. The predicted molar refractivity (Wildman–Crippen MR) is 313 cm³/mol. The van der Waals surface area contributed by atoms with E-state index in [0.29, 0.717) is 0 Å². The molecule has 0 unspecified atom stereocenters. The summed E-state index contributed by atoms with van der Waals surface area (Å²) < 4.78 is 0. The Hall–Kier alpha value is -5.80. The third-order valence-corrected chi connectivity index (χ3v) is 18.2. The molecule has 4 aliphatic rings. The molecule has 11 rings (SSSR count). The number of aryl methyl sites for hydroxylation is 1. The van der Waals surface area contributed by atoms with Crippen molar-refractivity contribution < 1.29 is 0 Å². The lowest BCUT2D eigenvalue weighted by atomic mass is 9.33. The van der Waals surface area contributed by atoms with E-state index < -0.39 is 0 Å². The van der Waals surface area contributed by atoms with Gasteiger partial charge in [-0.1, -0.05) is 202 Å². The maximum atomic E-state index is 2.72. The Morgan fingerprint density at radius 1 is 0.403 bits per heavy atom. The van der Waals surface area contributed by atoms with Crippen molar-refractivity contribution in [3.63, 3.8) is 0 Å². The number of fused-ring (bicyclic) bond motifs is 6. The van der Waals surface area contributed by atoms with Crippen LogP contribution >= 0.6 is 0 Å². The van der Waals surface area contributed by atoms with Crippen molar-refractivity contribution in [2.24, 2.45) is 0 Å². The molecule has 0 N–H and O–H groups in total. The fourth-order valence-corrected chi connectivity index (χ4v) is 13.8. The molecule has 2 heterocycles. The quantitative estimate of drug-likeness (QED) is 0.159. The summed E-state index contributed by atoms with van der Waals surface area (Å²) >= 11 is 0. The SMILES string of the molecule is Cc1cc2c(cc1N1c3ccc(C(C)(C)c4ccccc4)cc3B3c4cc5c(cc4N(c4ccc(C(C)(C)C)cc4-c4ccccc4)c4cc(C(C)(C)C)cc1c43)C(C)(C)CC5(C)C)C(C)(C)CCC2(C)C. The minimum absolute atomic E-state index is 0.0110. The minimum atomic E-state index is -0.232. The number of rotatable bonds is 5. The molecule has 3 heteroatoms. The molecule has 368 valence electrons. The van der Waals surface area contributed by atoms with Gasteiger partial charge in [0.1, 0.15) is 0 Å². The van der Waals surface area contributed by atoms with Crippen molar-refractivity contribution >= 4 is 57.2 Å². The van der Waals surface area contributed by atoms with Gasteiger partial charge in [0.05, 0.1) is 5.69 Å². The molecule has 0 fully saturated rings.